The summed E-state index contributed by atoms with van der Waals surface area (Å²) in [7, 11) is 0. The van der Waals surface area contributed by atoms with Crippen molar-refractivity contribution >= 4 is 34.1 Å². The minimum absolute atomic E-state index is 0.738. The summed E-state index contributed by atoms with van der Waals surface area (Å²) >= 11 is 0. The highest BCUT2D eigenvalue weighted by molar-refractivity contribution is 6.03. The first-order valence-electron chi connectivity index (χ1n) is 24.2. The molecule has 6 heterocycles. The van der Waals surface area contributed by atoms with E-state index < -0.39 is 0 Å². The van der Waals surface area contributed by atoms with Gasteiger partial charge in [-0.3, -0.25) is 9.80 Å². The average molecular weight is 853 g/mol. The minimum Gasteiger partial charge on any atom is -0.453 e. The molecule has 8 nitrogen and oxygen atoms in total. The number of unbranched alkanes of at least 4 members (excludes halogenated alkanes) is 8. The van der Waals surface area contributed by atoms with E-state index in [-0.39, 0.29) is 0 Å². The highest BCUT2D eigenvalue weighted by Gasteiger charge is 2.45. The van der Waals surface area contributed by atoms with E-state index in [9.17, 15) is 0 Å². The van der Waals surface area contributed by atoms with Crippen LogP contribution in [0.3, 0.4) is 0 Å². The second kappa shape index (κ2) is 15.8. The molecule has 0 spiro atoms. The van der Waals surface area contributed by atoms with Crippen molar-refractivity contribution in [1.29, 1.82) is 0 Å². The van der Waals surface area contributed by atoms with Gasteiger partial charge in [0.05, 0.1) is 0 Å². The Balaban J connectivity index is 0.995. The van der Waals surface area contributed by atoms with Crippen LogP contribution in [0.5, 0.6) is 69.0 Å². The van der Waals surface area contributed by atoms with Gasteiger partial charge in [-0.15, -0.1) is 0 Å². The van der Waals surface area contributed by atoms with Gasteiger partial charge < -0.3 is 28.4 Å². The van der Waals surface area contributed by atoms with Crippen LogP contribution in [-0.4, -0.2) is 0 Å². The zero-order valence-corrected chi connectivity index (χ0v) is 37.6. The van der Waals surface area contributed by atoms with Crippen LogP contribution >= 0.6 is 0 Å². The SMILES string of the molecule is CCCCCc1cc2c3c(c1)Oc1cc(-c4cc5c6c(c4)Oc4cc(CCCCC)cc7c4N6c4c(cc(CCCCC)cc4O5)O7)cc4c1N3c1c(cc(CCCCC)cc1O4)O2. The third-order valence-corrected chi connectivity index (χ3v) is 13.7. The molecule has 8 heteroatoms. The van der Waals surface area contributed by atoms with E-state index in [1.807, 2.05) is 0 Å². The number of aryl methyl sites for hydroxylation is 4. The van der Waals surface area contributed by atoms with Crippen LogP contribution in [-0.2, 0) is 25.7 Å². The molecule has 0 saturated carbocycles. The Morgan fingerprint density at radius 3 is 0.641 bits per heavy atom. The van der Waals surface area contributed by atoms with Gasteiger partial charge in [-0.05, 0) is 158 Å². The molecule has 0 bridgehead atoms. The first-order valence-corrected chi connectivity index (χ1v) is 24.2. The smallest absolute Gasteiger partial charge is 0.156 e. The number of ether oxygens (including phenoxy) is 6. The predicted molar refractivity (Wildman–Crippen MR) is 255 cm³/mol. The van der Waals surface area contributed by atoms with Crippen molar-refractivity contribution in [3.8, 4) is 80.1 Å². The monoisotopic (exact) mass is 852 g/mol. The highest BCUT2D eigenvalue weighted by atomic mass is 16.5. The lowest BCUT2D eigenvalue weighted by Crippen LogP contribution is -2.24. The van der Waals surface area contributed by atoms with E-state index in [2.05, 4.69) is 110 Å². The van der Waals surface area contributed by atoms with Gasteiger partial charge in [0.25, 0.3) is 0 Å². The minimum atomic E-state index is 0.738. The third-order valence-electron chi connectivity index (χ3n) is 13.7. The van der Waals surface area contributed by atoms with Crippen LogP contribution < -0.4 is 38.2 Å². The summed E-state index contributed by atoms with van der Waals surface area (Å²) in [6, 6.07) is 26.3. The number of benzene rings is 6. The lowest BCUT2D eigenvalue weighted by Gasteiger charge is -2.42. The molecule has 12 rings (SSSR count). The van der Waals surface area contributed by atoms with Crippen LogP contribution in [0.25, 0.3) is 11.1 Å². The molecule has 0 aromatic heterocycles. The topological polar surface area (TPSA) is 61.9 Å². The Kier molecular flexibility index (Phi) is 9.68. The molecule has 0 amide bonds. The molecule has 6 aromatic rings. The molecule has 6 aromatic carbocycles. The maximum atomic E-state index is 6.98. The number of hydrogen-bond donors (Lipinski definition) is 0. The fourth-order valence-electron chi connectivity index (χ4n) is 10.6. The van der Waals surface area contributed by atoms with Crippen LogP contribution in [0, 0.1) is 0 Å². The van der Waals surface area contributed by atoms with Crippen molar-refractivity contribution in [3.63, 3.8) is 0 Å². The molecule has 0 atom stereocenters. The molecule has 0 aliphatic carbocycles. The second-order valence-corrected chi connectivity index (χ2v) is 18.5. The van der Waals surface area contributed by atoms with E-state index in [1.54, 1.807) is 0 Å². The van der Waals surface area contributed by atoms with E-state index in [0.717, 1.165) is 166 Å². The molecule has 0 saturated heterocycles. The lowest BCUT2D eigenvalue weighted by atomic mass is 9.95. The van der Waals surface area contributed by atoms with Gasteiger partial charge >= 0.3 is 0 Å². The maximum Gasteiger partial charge on any atom is 0.156 e. The van der Waals surface area contributed by atoms with Crippen molar-refractivity contribution < 1.29 is 28.4 Å². The molecule has 0 radical (unpaired) electrons. The third kappa shape index (κ3) is 6.38. The molecule has 6 aliphatic heterocycles. The fourth-order valence-corrected chi connectivity index (χ4v) is 10.6. The number of anilines is 6. The van der Waals surface area contributed by atoms with Gasteiger partial charge in [-0.25, -0.2) is 0 Å². The zero-order chi connectivity index (χ0) is 43.1. The Bertz CT molecular complexity index is 2510. The number of nitrogens with zero attached hydrogens (tertiary/aromatic N) is 2. The van der Waals surface area contributed by atoms with Crippen molar-refractivity contribution in [2.24, 2.45) is 0 Å². The van der Waals surface area contributed by atoms with Gasteiger partial charge in [-0.2, -0.15) is 0 Å². The molecule has 0 unspecified atom stereocenters. The normalized spacial score (nSPS) is 14.1. The summed E-state index contributed by atoms with van der Waals surface area (Å²) in [6.45, 7) is 8.99. The lowest BCUT2D eigenvalue weighted by molar-refractivity contribution is 0.415. The molecule has 0 N–H and O–H groups in total. The average Bonchev–Trinajstić information content (AvgIpc) is 3.28. The predicted octanol–water partition coefficient (Wildman–Crippen LogP) is 17.9. The molecular weight excluding hydrogens is 797 g/mol. The van der Waals surface area contributed by atoms with Crippen molar-refractivity contribution in [3.05, 3.63) is 95.1 Å². The van der Waals surface area contributed by atoms with Crippen LogP contribution in [0.4, 0.5) is 34.1 Å². The number of hydrogen-bond acceptors (Lipinski definition) is 8. The van der Waals surface area contributed by atoms with Gasteiger partial charge in [-0.1, -0.05) is 79.1 Å². The van der Waals surface area contributed by atoms with E-state index in [4.69, 9.17) is 28.4 Å². The van der Waals surface area contributed by atoms with Gasteiger partial charge in [0.2, 0.25) is 0 Å². The summed E-state index contributed by atoms with van der Waals surface area (Å²) in [5, 5.41) is 0. The van der Waals surface area contributed by atoms with Crippen LogP contribution in [0.1, 0.15) is 127 Å². The molecule has 326 valence electrons. The summed E-state index contributed by atoms with van der Waals surface area (Å²) in [5.41, 5.74) is 12.3. The van der Waals surface area contributed by atoms with Crippen molar-refractivity contribution in [1.82, 2.24) is 0 Å². The highest BCUT2D eigenvalue weighted by Crippen LogP contribution is 2.70. The fraction of sp³-hybridized carbons (Fsp3) is 0.357. The van der Waals surface area contributed by atoms with E-state index in [1.165, 1.54) is 73.6 Å². The maximum absolute atomic E-state index is 6.98. The molecule has 0 fully saturated rings. The summed E-state index contributed by atoms with van der Waals surface area (Å²) in [4.78, 5) is 4.65. The Morgan fingerprint density at radius 1 is 0.266 bits per heavy atom. The quantitative estimate of drug-likeness (QED) is 0.0840. The Morgan fingerprint density at radius 2 is 0.453 bits per heavy atom. The summed E-state index contributed by atoms with van der Waals surface area (Å²) in [6.07, 6.45) is 17.7. The van der Waals surface area contributed by atoms with Crippen molar-refractivity contribution in [2.45, 2.75) is 130 Å². The molecule has 6 aliphatic rings. The standard InChI is InChI=1S/C56H56N2O6/c1-5-9-13-17-33-21-39-51-43(25-33)61-47-29-37(30-48-55(47)57(51)52-40(59-39)22-34(18-14-10-6-2)26-44(52)62-48)38-31-49-56-50(32-38)64-46-28-36(20-16-12-8-4)24-42-54(46)58(56)53-41(60-42)23-35(19-15-11-7-3)27-45(53)63-49/h21-32H,5-20H2,1-4H3. The van der Waals surface area contributed by atoms with Crippen LogP contribution in [0.2, 0.25) is 0 Å². The second-order valence-electron chi connectivity index (χ2n) is 18.5. The van der Waals surface area contributed by atoms with Gasteiger partial charge in [0, 0.05) is 0 Å². The van der Waals surface area contributed by atoms with Crippen molar-refractivity contribution in [2.75, 3.05) is 9.80 Å². The summed E-state index contributed by atoms with van der Waals surface area (Å²) in [5.74, 6) is 9.47. The van der Waals surface area contributed by atoms with E-state index >= 15 is 0 Å². The first kappa shape index (κ1) is 39.3. The van der Waals surface area contributed by atoms with Gasteiger partial charge in [0.1, 0.15) is 34.1 Å². The Hall–Kier alpha value is -6.28. The Labute approximate surface area is 376 Å². The molecule has 64 heavy (non-hydrogen) atoms. The van der Waals surface area contributed by atoms with E-state index in [0.29, 0.717) is 0 Å². The first-order chi connectivity index (χ1) is 31.5. The molecular formula is C56H56N2O6. The summed E-state index contributed by atoms with van der Waals surface area (Å²) < 4.78 is 41.5. The largest absolute Gasteiger partial charge is 0.453 e. The van der Waals surface area contributed by atoms with Crippen LogP contribution in [0.15, 0.2) is 72.8 Å². The zero-order valence-electron chi connectivity index (χ0n) is 37.6. The van der Waals surface area contributed by atoms with Gasteiger partial charge in [0.15, 0.2) is 69.0 Å². The number of rotatable bonds is 17.